The van der Waals surface area contributed by atoms with E-state index in [1.54, 1.807) is 6.08 Å². The van der Waals surface area contributed by atoms with Crippen molar-refractivity contribution in [3.63, 3.8) is 0 Å². The van der Waals surface area contributed by atoms with Crippen LogP contribution >= 0.6 is 0 Å². The summed E-state index contributed by atoms with van der Waals surface area (Å²) in [5.41, 5.74) is 0. The molecule has 80 valence electrons. The molecule has 2 N–H and O–H groups in total. The SMILES string of the molecule is C=CCNC(=O)C(C)NC1CC1CC. The van der Waals surface area contributed by atoms with Gasteiger partial charge in [0, 0.05) is 12.6 Å². The minimum Gasteiger partial charge on any atom is -0.351 e. The lowest BCUT2D eigenvalue weighted by Crippen LogP contribution is -2.43. The van der Waals surface area contributed by atoms with Gasteiger partial charge in [-0.25, -0.2) is 0 Å². The van der Waals surface area contributed by atoms with E-state index in [9.17, 15) is 4.79 Å². The highest BCUT2D eigenvalue weighted by Gasteiger charge is 2.36. The van der Waals surface area contributed by atoms with E-state index in [-0.39, 0.29) is 11.9 Å². The Morgan fingerprint density at radius 2 is 2.43 bits per heavy atom. The summed E-state index contributed by atoms with van der Waals surface area (Å²) in [5, 5.41) is 6.10. The van der Waals surface area contributed by atoms with Crippen LogP contribution in [0.1, 0.15) is 26.7 Å². The standard InChI is InChI=1S/C11H20N2O/c1-4-6-12-11(14)8(3)13-10-7-9(10)5-2/h4,8-10,13H,1,5-7H2,2-3H3,(H,12,14). The summed E-state index contributed by atoms with van der Waals surface area (Å²) >= 11 is 0. The van der Waals surface area contributed by atoms with E-state index < -0.39 is 0 Å². The molecule has 1 amide bonds. The van der Waals surface area contributed by atoms with E-state index in [2.05, 4.69) is 24.1 Å². The van der Waals surface area contributed by atoms with Crippen LogP contribution in [-0.4, -0.2) is 24.5 Å². The summed E-state index contributed by atoms with van der Waals surface area (Å²) in [7, 11) is 0. The molecule has 3 heteroatoms. The normalized spacial score (nSPS) is 26.7. The number of nitrogens with one attached hydrogen (secondary N) is 2. The van der Waals surface area contributed by atoms with Gasteiger partial charge < -0.3 is 10.6 Å². The molecule has 0 radical (unpaired) electrons. The predicted octanol–water partition coefficient (Wildman–Crippen LogP) is 1.07. The van der Waals surface area contributed by atoms with E-state index >= 15 is 0 Å². The molecule has 0 saturated heterocycles. The zero-order chi connectivity index (χ0) is 10.6. The van der Waals surface area contributed by atoms with Gasteiger partial charge in [0.05, 0.1) is 6.04 Å². The van der Waals surface area contributed by atoms with Crippen LogP contribution in [0.3, 0.4) is 0 Å². The van der Waals surface area contributed by atoms with Gasteiger partial charge in [-0.2, -0.15) is 0 Å². The van der Waals surface area contributed by atoms with Gasteiger partial charge >= 0.3 is 0 Å². The lowest BCUT2D eigenvalue weighted by Gasteiger charge is -2.12. The van der Waals surface area contributed by atoms with Gasteiger partial charge in [0.1, 0.15) is 0 Å². The Hall–Kier alpha value is -0.830. The third-order valence-corrected chi connectivity index (χ3v) is 2.72. The quantitative estimate of drug-likeness (QED) is 0.624. The first-order valence-electron chi connectivity index (χ1n) is 5.33. The zero-order valence-corrected chi connectivity index (χ0v) is 9.05. The lowest BCUT2D eigenvalue weighted by atomic mass is 10.2. The summed E-state index contributed by atoms with van der Waals surface area (Å²) in [4.78, 5) is 11.4. The molecule has 1 aliphatic rings. The maximum Gasteiger partial charge on any atom is 0.237 e. The topological polar surface area (TPSA) is 41.1 Å². The van der Waals surface area contributed by atoms with Crippen molar-refractivity contribution in [1.29, 1.82) is 0 Å². The van der Waals surface area contributed by atoms with Gasteiger partial charge in [0.15, 0.2) is 0 Å². The maximum absolute atomic E-state index is 11.4. The number of rotatable bonds is 6. The van der Waals surface area contributed by atoms with Gasteiger partial charge in [-0.05, 0) is 19.3 Å². The summed E-state index contributed by atoms with van der Waals surface area (Å²) in [6, 6.07) is 0.473. The second-order valence-electron chi connectivity index (χ2n) is 3.93. The van der Waals surface area contributed by atoms with Crippen LogP contribution in [0.4, 0.5) is 0 Å². The van der Waals surface area contributed by atoms with Crippen molar-refractivity contribution in [2.24, 2.45) is 5.92 Å². The van der Waals surface area contributed by atoms with E-state index in [1.807, 2.05) is 6.92 Å². The highest BCUT2D eigenvalue weighted by molar-refractivity contribution is 5.81. The molecule has 0 bridgehead atoms. The summed E-state index contributed by atoms with van der Waals surface area (Å²) in [6.07, 6.45) is 4.12. The Bertz CT molecular complexity index is 215. The Morgan fingerprint density at radius 3 is 2.93 bits per heavy atom. The number of hydrogen-bond donors (Lipinski definition) is 2. The molecule has 3 unspecified atom stereocenters. The summed E-state index contributed by atoms with van der Waals surface area (Å²) in [6.45, 7) is 8.20. The Morgan fingerprint density at radius 1 is 1.71 bits per heavy atom. The van der Waals surface area contributed by atoms with Gasteiger partial charge in [-0.15, -0.1) is 6.58 Å². The first-order chi connectivity index (χ1) is 6.69. The molecular weight excluding hydrogens is 176 g/mol. The van der Waals surface area contributed by atoms with Crippen LogP contribution in [-0.2, 0) is 4.79 Å². The fourth-order valence-corrected chi connectivity index (χ4v) is 1.63. The molecule has 0 aromatic carbocycles. The molecular formula is C11H20N2O. The molecule has 14 heavy (non-hydrogen) atoms. The van der Waals surface area contributed by atoms with Crippen molar-refractivity contribution in [3.05, 3.63) is 12.7 Å². The van der Waals surface area contributed by atoms with Crippen LogP contribution in [0.5, 0.6) is 0 Å². The molecule has 3 nitrogen and oxygen atoms in total. The van der Waals surface area contributed by atoms with E-state index in [4.69, 9.17) is 0 Å². The first-order valence-corrected chi connectivity index (χ1v) is 5.33. The average molecular weight is 196 g/mol. The zero-order valence-electron chi connectivity index (χ0n) is 9.05. The van der Waals surface area contributed by atoms with Crippen molar-refractivity contribution in [2.45, 2.75) is 38.8 Å². The van der Waals surface area contributed by atoms with E-state index in [0.717, 1.165) is 5.92 Å². The van der Waals surface area contributed by atoms with Gasteiger partial charge in [-0.1, -0.05) is 19.4 Å². The van der Waals surface area contributed by atoms with Crippen LogP contribution in [0.2, 0.25) is 0 Å². The van der Waals surface area contributed by atoms with Crippen molar-refractivity contribution in [3.8, 4) is 0 Å². The Kier molecular flexibility index (Phi) is 4.14. The average Bonchev–Trinajstić information content (AvgIpc) is 2.92. The number of hydrogen-bond acceptors (Lipinski definition) is 2. The molecule has 1 saturated carbocycles. The van der Waals surface area contributed by atoms with Crippen LogP contribution in [0.15, 0.2) is 12.7 Å². The fourth-order valence-electron chi connectivity index (χ4n) is 1.63. The van der Waals surface area contributed by atoms with Crippen molar-refractivity contribution in [2.75, 3.05) is 6.54 Å². The highest BCUT2D eigenvalue weighted by atomic mass is 16.2. The largest absolute Gasteiger partial charge is 0.351 e. The predicted molar refractivity (Wildman–Crippen MR) is 58.0 cm³/mol. The second kappa shape index (κ2) is 5.15. The van der Waals surface area contributed by atoms with Crippen LogP contribution in [0, 0.1) is 5.92 Å². The van der Waals surface area contributed by atoms with Gasteiger partial charge in [0.2, 0.25) is 5.91 Å². The molecule has 0 aromatic heterocycles. The van der Waals surface area contributed by atoms with Crippen LogP contribution in [0.25, 0.3) is 0 Å². The molecule has 1 rings (SSSR count). The third kappa shape index (κ3) is 3.14. The Labute approximate surface area is 86.0 Å². The molecule has 0 aliphatic heterocycles. The lowest BCUT2D eigenvalue weighted by molar-refractivity contribution is -0.122. The monoisotopic (exact) mass is 196 g/mol. The smallest absolute Gasteiger partial charge is 0.237 e. The van der Waals surface area contributed by atoms with Gasteiger partial charge in [0.25, 0.3) is 0 Å². The third-order valence-electron chi connectivity index (χ3n) is 2.72. The minimum atomic E-state index is -0.0866. The van der Waals surface area contributed by atoms with Crippen molar-refractivity contribution < 1.29 is 4.79 Å². The van der Waals surface area contributed by atoms with E-state index in [1.165, 1.54) is 12.8 Å². The minimum absolute atomic E-state index is 0.0617. The molecule has 1 aliphatic carbocycles. The number of carbonyl (C=O) groups excluding carboxylic acids is 1. The summed E-state index contributed by atoms with van der Waals surface area (Å²) in [5.74, 6) is 0.844. The van der Waals surface area contributed by atoms with E-state index in [0.29, 0.717) is 12.6 Å². The molecule has 0 spiro atoms. The van der Waals surface area contributed by atoms with Crippen molar-refractivity contribution >= 4 is 5.91 Å². The molecule has 1 fully saturated rings. The molecule has 3 atom stereocenters. The number of amides is 1. The molecule has 0 aromatic rings. The van der Waals surface area contributed by atoms with Crippen LogP contribution < -0.4 is 10.6 Å². The Balaban J connectivity index is 2.17. The summed E-state index contributed by atoms with van der Waals surface area (Å²) < 4.78 is 0. The van der Waals surface area contributed by atoms with Crippen molar-refractivity contribution in [1.82, 2.24) is 10.6 Å². The fraction of sp³-hybridized carbons (Fsp3) is 0.727. The first kappa shape index (κ1) is 11.2. The number of carbonyl (C=O) groups is 1. The maximum atomic E-state index is 11.4. The van der Waals surface area contributed by atoms with Gasteiger partial charge in [-0.3, -0.25) is 4.79 Å². The second-order valence-corrected chi connectivity index (χ2v) is 3.93. The highest BCUT2D eigenvalue weighted by Crippen LogP contribution is 2.33. The molecule has 0 heterocycles.